The third kappa shape index (κ3) is 6.96. The van der Waals surface area contributed by atoms with Crippen LogP contribution in [0.15, 0.2) is 36.4 Å². The van der Waals surface area contributed by atoms with Crippen LogP contribution in [0.2, 0.25) is 0 Å². The number of nitrogens with zero attached hydrogens (tertiary/aromatic N) is 2. The van der Waals surface area contributed by atoms with E-state index in [1.165, 1.54) is 29.7 Å². The fraction of sp³-hybridized carbons (Fsp3) is 0.520. The molecule has 4 rings (SSSR count). The van der Waals surface area contributed by atoms with Gasteiger partial charge in [-0.1, -0.05) is 45.9 Å². The smallest absolute Gasteiger partial charge is 0.263 e. The summed E-state index contributed by atoms with van der Waals surface area (Å²) in [6.07, 6.45) is 2.01. The van der Waals surface area contributed by atoms with E-state index in [0.717, 1.165) is 43.7 Å². The minimum atomic E-state index is -2.37. The summed E-state index contributed by atoms with van der Waals surface area (Å²) >= 11 is 0. The molecule has 5 heteroatoms. The van der Waals surface area contributed by atoms with E-state index < -0.39 is 6.43 Å². The van der Waals surface area contributed by atoms with Gasteiger partial charge in [0.25, 0.3) is 6.43 Å². The molecular weight excluding hydrogens is 385 g/mol. The number of aryl methyl sites for hydroxylation is 2. The molecule has 0 spiro atoms. The van der Waals surface area contributed by atoms with Gasteiger partial charge in [0.1, 0.15) is 5.82 Å². The summed E-state index contributed by atoms with van der Waals surface area (Å²) in [5, 5.41) is 0. The van der Waals surface area contributed by atoms with Gasteiger partial charge in [0.05, 0.1) is 0 Å². The van der Waals surface area contributed by atoms with Gasteiger partial charge >= 0.3 is 0 Å². The lowest BCUT2D eigenvalue weighted by molar-refractivity contribution is 0.151. The molecule has 0 atom stereocenters. The predicted octanol–water partition coefficient (Wildman–Crippen LogP) is 7.27. The topological polar surface area (TPSA) is 6.48 Å². The summed E-state index contributed by atoms with van der Waals surface area (Å²) in [4.78, 5) is 4.16. The number of halogens is 3. The molecule has 0 radical (unpaired) electrons. The molecule has 0 fully saturated rings. The Labute approximate surface area is 180 Å². The Balaban J connectivity index is 0.000000260. The molecule has 2 aliphatic heterocycles. The first-order chi connectivity index (χ1) is 14.5. The molecule has 168 valence electrons. The summed E-state index contributed by atoms with van der Waals surface area (Å²) in [6, 6.07) is 10.0. The van der Waals surface area contributed by atoms with E-state index in [9.17, 15) is 13.2 Å². The van der Waals surface area contributed by atoms with Crippen molar-refractivity contribution < 1.29 is 13.2 Å². The van der Waals surface area contributed by atoms with Crippen molar-refractivity contribution in [2.75, 3.05) is 37.0 Å². The number of benzene rings is 2. The minimum absolute atomic E-state index is 0.123. The van der Waals surface area contributed by atoms with Crippen molar-refractivity contribution >= 4 is 11.4 Å². The SMILES string of the molecule is CC.CC.CN1CCCc2ccc(C(F)F)cc21.CN1CCCc2ccc(F)cc21. The number of alkyl halides is 2. The first-order valence-electron chi connectivity index (χ1n) is 11.1. The van der Waals surface area contributed by atoms with E-state index in [2.05, 4.69) is 4.90 Å². The van der Waals surface area contributed by atoms with Crippen molar-refractivity contribution in [2.45, 2.75) is 59.8 Å². The van der Waals surface area contributed by atoms with E-state index in [1.54, 1.807) is 12.1 Å². The zero-order chi connectivity index (χ0) is 22.7. The Morgan fingerprint density at radius 3 is 1.70 bits per heavy atom. The Kier molecular flexibility index (Phi) is 11.4. The van der Waals surface area contributed by atoms with Crippen LogP contribution >= 0.6 is 0 Å². The van der Waals surface area contributed by atoms with Gasteiger partial charge in [0, 0.05) is 44.1 Å². The Morgan fingerprint density at radius 2 is 1.20 bits per heavy atom. The Bertz CT molecular complexity index is 762. The maximum atomic E-state index is 12.8. The molecule has 0 aliphatic carbocycles. The molecule has 2 aromatic carbocycles. The van der Waals surface area contributed by atoms with E-state index >= 15 is 0 Å². The third-order valence-electron chi connectivity index (χ3n) is 5.11. The molecule has 0 bridgehead atoms. The molecule has 0 N–H and O–H groups in total. The monoisotopic (exact) mass is 422 g/mol. The van der Waals surface area contributed by atoms with Crippen LogP contribution in [0.5, 0.6) is 0 Å². The quantitative estimate of drug-likeness (QED) is 0.477. The van der Waals surface area contributed by atoms with Crippen molar-refractivity contribution in [1.82, 2.24) is 0 Å². The normalized spacial score (nSPS) is 14.2. The van der Waals surface area contributed by atoms with Gasteiger partial charge < -0.3 is 9.80 Å². The van der Waals surface area contributed by atoms with Gasteiger partial charge in [-0.3, -0.25) is 0 Å². The van der Waals surface area contributed by atoms with Crippen molar-refractivity contribution in [3.63, 3.8) is 0 Å². The standard InChI is InChI=1S/C11H13F2N.C10H12FN.2C2H6/c1-14-6-2-3-8-4-5-9(11(12)13)7-10(8)14;1-12-6-2-3-8-4-5-9(11)7-10(8)12;2*1-2/h4-5,7,11H,2-3,6H2,1H3;4-5,7H,2-3,6H2,1H3;2*1-2H3. The summed E-state index contributed by atoms with van der Waals surface area (Å²) in [7, 11) is 3.96. The van der Waals surface area contributed by atoms with Gasteiger partial charge in [-0.15, -0.1) is 0 Å². The predicted molar refractivity (Wildman–Crippen MR) is 124 cm³/mol. The molecule has 0 saturated heterocycles. The average molecular weight is 423 g/mol. The molecule has 0 saturated carbocycles. The summed E-state index contributed by atoms with van der Waals surface area (Å²) in [5.41, 5.74) is 4.60. The molecule has 30 heavy (non-hydrogen) atoms. The zero-order valence-electron chi connectivity index (χ0n) is 19.3. The first-order valence-corrected chi connectivity index (χ1v) is 11.1. The summed E-state index contributed by atoms with van der Waals surface area (Å²) in [5.74, 6) is -0.137. The third-order valence-corrected chi connectivity index (χ3v) is 5.11. The van der Waals surface area contributed by atoms with Crippen LogP contribution < -0.4 is 9.80 Å². The van der Waals surface area contributed by atoms with Gasteiger partial charge in [-0.05, 0) is 55.0 Å². The van der Waals surface area contributed by atoms with E-state index in [4.69, 9.17) is 0 Å². The molecule has 2 nitrogen and oxygen atoms in total. The number of anilines is 2. The Morgan fingerprint density at radius 1 is 0.733 bits per heavy atom. The maximum Gasteiger partial charge on any atom is 0.263 e. The van der Waals surface area contributed by atoms with Crippen molar-refractivity contribution in [1.29, 1.82) is 0 Å². The molecule has 0 aromatic heterocycles. The second kappa shape index (κ2) is 13.2. The van der Waals surface area contributed by atoms with Crippen LogP contribution in [0.4, 0.5) is 24.5 Å². The van der Waals surface area contributed by atoms with Gasteiger partial charge in [0.2, 0.25) is 0 Å². The highest BCUT2D eigenvalue weighted by Gasteiger charge is 2.16. The zero-order valence-corrected chi connectivity index (χ0v) is 19.3. The number of hydrogen-bond acceptors (Lipinski definition) is 2. The lowest BCUT2D eigenvalue weighted by Gasteiger charge is -2.27. The lowest BCUT2D eigenvalue weighted by atomic mass is 10.0. The minimum Gasteiger partial charge on any atom is -0.374 e. The molecule has 0 unspecified atom stereocenters. The largest absolute Gasteiger partial charge is 0.374 e. The molecular formula is C25H37F3N2. The van der Waals surface area contributed by atoms with Crippen LogP contribution in [0.3, 0.4) is 0 Å². The summed E-state index contributed by atoms with van der Waals surface area (Å²) in [6.45, 7) is 10.00. The fourth-order valence-corrected chi connectivity index (χ4v) is 3.64. The highest BCUT2D eigenvalue weighted by Crippen LogP contribution is 2.30. The van der Waals surface area contributed by atoms with Crippen molar-refractivity contribution in [2.24, 2.45) is 0 Å². The van der Waals surface area contributed by atoms with Crippen LogP contribution in [0.25, 0.3) is 0 Å². The van der Waals surface area contributed by atoms with Crippen LogP contribution in [-0.2, 0) is 12.8 Å². The van der Waals surface area contributed by atoms with Crippen molar-refractivity contribution in [3.05, 3.63) is 58.9 Å². The van der Waals surface area contributed by atoms with E-state index in [-0.39, 0.29) is 11.4 Å². The fourth-order valence-electron chi connectivity index (χ4n) is 3.64. The van der Waals surface area contributed by atoms with Crippen molar-refractivity contribution in [3.8, 4) is 0 Å². The highest BCUT2D eigenvalue weighted by molar-refractivity contribution is 5.57. The maximum absolute atomic E-state index is 12.8. The second-order valence-corrected chi connectivity index (χ2v) is 7.01. The average Bonchev–Trinajstić information content (AvgIpc) is 2.78. The number of hydrogen-bond donors (Lipinski definition) is 0. The van der Waals surface area contributed by atoms with Crippen LogP contribution in [-0.4, -0.2) is 27.2 Å². The van der Waals surface area contributed by atoms with Gasteiger partial charge in [-0.25, -0.2) is 13.2 Å². The second-order valence-electron chi connectivity index (χ2n) is 7.01. The van der Waals surface area contributed by atoms with E-state index in [1.807, 2.05) is 58.8 Å². The van der Waals surface area contributed by atoms with Crippen LogP contribution in [0, 0.1) is 5.82 Å². The number of rotatable bonds is 1. The molecule has 2 aliphatic rings. The summed E-state index contributed by atoms with van der Waals surface area (Å²) < 4.78 is 37.7. The molecule has 0 amide bonds. The molecule has 2 heterocycles. The Hall–Kier alpha value is -2.17. The van der Waals surface area contributed by atoms with Gasteiger partial charge in [-0.2, -0.15) is 0 Å². The highest BCUT2D eigenvalue weighted by atomic mass is 19.3. The lowest BCUT2D eigenvalue weighted by Crippen LogP contribution is -2.24. The van der Waals surface area contributed by atoms with E-state index in [0.29, 0.717) is 0 Å². The van der Waals surface area contributed by atoms with Gasteiger partial charge in [0.15, 0.2) is 0 Å². The first kappa shape index (κ1) is 25.9. The van der Waals surface area contributed by atoms with Crippen LogP contribution in [0.1, 0.15) is 63.7 Å². The number of fused-ring (bicyclic) bond motifs is 2. The molecule has 2 aromatic rings.